The van der Waals surface area contributed by atoms with Gasteiger partial charge >= 0.3 is 0 Å². The molecule has 1 fully saturated rings. The number of pyridine rings is 1. The summed E-state index contributed by atoms with van der Waals surface area (Å²) in [6.45, 7) is 3.43. The zero-order chi connectivity index (χ0) is 28.4. The second-order valence-electron chi connectivity index (χ2n) is 10.4. The van der Waals surface area contributed by atoms with Crippen molar-refractivity contribution in [1.29, 1.82) is 0 Å². The van der Waals surface area contributed by atoms with Crippen LogP contribution >= 0.6 is 0 Å². The second-order valence-corrected chi connectivity index (χ2v) is 12.5. The summed E-state index contributed by atoms with van der Waals surface area (Å²) in [5.41, 5.74) is -0.478. The number of rotatable bonds is 6. The van der Waals surface area contributed by atoms with Gasteiger partial charge in [-0.05, 0) is 62.9 Å². The van der Waals surface area contributed by atoms with Crippen LogP contribution < -0.4 is 4.74 Å². The number of aliphatic hydroxyl groups is 2. The summed E-state index contributed by atoms with van der Waals surface area (Å²) in [5.74, 6) is 4.61. The van der Waals surface area contributed by atoms with Crippen LogP contribution in [0.3, 0.4) is 0 Å². The van der Waals surface area contributed by atoms with E-state index in [1.165, 1.54) is 30.3 Å². The number of amides is 1. The monoisotopic (exact) mass is 559 g/mol. The summed E-state index contributed by atoms with van der Waals surface area (Å²) in [5, 5.41) is 20.4. The molecule has 2 aromatic rings. The number of likely N-dealkylation sites (N-methyl/N-ethyl adjacent to an activating group) is 1. The van der Waals surface area contributed by atoms with Crippen LogP contribution in [0, 0.1) is 23.6 Å². The molecule has 210 valence electrons. The zero-order valence-corrected chi connectivity index (χ0v) is 23.1. The van der Waals surface area contributed by atoms with Gasteiger partial charge < -0.3 is 19.8 Å². The van der Waals surface area contributed by atoms with Crippen molar-refractivity contribution in [3.63, 3.8) is 0 Å². The van der Waals surface area contributed by atoms with Crippen molar-refractivity contribution in [2.24, 2.45) is 5.92 Å². The number of hydrogen-bond acceptors (Lipinski definition) is 7. The first-order valence-electron chi connectivity index (χ1n) is 13.0. The zero-order valence-electron chi connectivity index (χ0n) is 22.3. The molecule has 0 bridgehead atoms. The molecule has 1 amide bonds. The van der Waals surface area contributed by atoms with E-state index in [9.17, 15) is 27.8 Å². The molecular weight excluding hydrogens is 525 g/mol. The molecule has 2 N–H and O–H groups in total. The smallest absolute Gasteiger partial charge is 0.259 e. The first-order chi connectivity index (χ1) is 18.4. The minimum absolute atomic E-state index is 0.0319. The maximum atomic E-state index is 13.6. The molecule has 1 aliphatic carbocycles. The maximum absolute atomic E-state index is 13.6. The lowest BCUT2D eigenvalue weighted by Gasteiger charge is -2.37. The third kappa shape index (κ3) is 6.41. The topological polar surface area (TPSA) is 120 Å². The van der Waals surface area contributed by atoms with Crippen molar-refractivity contribution < 1.29 is 32.6 Å². The first kappa shape index (κ1) is 29.0. The second kappa shape index (κ2) is 11.6. The van der Waals surface area contributed by atoms with Crippen molar-refractivity contribution in [3.8, 4) is 17.7 Å². The van der Waals surface area contributed by atoms with Gasteiger partial charge in [0, 0.05) is 31.3 Å². The molecule has 0 spiro atoms. The molecule has 39 heavy (non-hydrogen) atoms. The largest absolute Gasteiger partial charge is 0.472 e. The minimum atomic E-state index is -3.95. The lowest BCUT2D eigenvalue weighted by Crippen LogP contribution is -2.50. The van der Waals surface area contributed by atoms with Gasteiger partial charge in [-0.3, -0.25) is 4.79 Å². The number of aliphatic hydroxyl groups excluding tert-OH is 1. The van der Waals surface area contributed by atoms with Gasteiger partial charge in [0.2, 0.25) is 15.9 Å². The predicted molar refractivity (Wildman–Crippen MR) is 142 cm³/mol. The average molecular weight is 560 g/mol. The van der Waals surface area contributed by atoms with Crippen molar-refractivity contribution in [3.05, 3.63) is 53.5 Å². The third-order valence-electron chi connectivity index (χ3n) is 7.35. The summed E-state index contributed by atoms with van der Waals surface area (Å²) in [7, 11) is -2.54. The molecule has 11 heteroatoms. The van der Waals surface area contributed by atoms with E-state index in [0.29, 0.717) is 18.4 Å². The van der Waals surface area contributed by atoms with E-state index < -0.39 is 33.6 Å². The highest BCUT2D eigenvalue weighted by Gasteiger charge is 2.36. The number of hydrogen-bond donors (Lipinski definition) is 2. The fourth-order valence-corrected chi connectivity index (χ4v) is 5.98. The quantitative estimate of drug-likeness (QED) is 0.522. The van der Waals surface area contributed by atoms with Crippen LogP contribution in [0.4, 0.5) is 4.39 Å². The SMILES string of the molecule is C[C@@H]1CN([C@H](C)CO)C(=O)c2cc(C#CC3(O)CCCC3)cnc2O[C@@H]1CN(C)S(=O)(=O)c1ccc(F)cc1. The van der Waals surface area contributed by atoms with Gasteiger partial charge in [0.25, 0.3) is 5.91 Å². The van der Waals surface area contributed by atoms with Crippen molar-refractivity contribution in [2.45, 2.75) is 62.2 Å². The highest BCUT2D eigenvalue weighted by Crippen LogP contribution is 2.30. The number of carbonyl (C=O) groups is 1. The Kier molecular flexibility index (Phi) is 8.61. The average Bonchev–Trinajstić information content (AvgIpc) is 3.35. The Bertz CT molecular complexity index is 1370. The Balaban J connectivity index is 1.66. The Morgan fingerprint density at radius 1 is 1.28 bits per heavy atom. The molecule has 2 heterocycles. The van der Waals surface area contributed by atoms with Crippen LogP contribution in [-0.2, 0) is 10.0 Å². The minimum Gasteiger partial charge on any atom is -0.472 e. The molecule has 1 aromatic heterocycles. The number of benzene rings is 1. The number of fused-ring (bicyclic) bond motifs is 1. The van der Waals surface area contributed by atoms with Gasteiger partial charge in [-0.1, -0.05) is 18.8 Å². The maximum Gasteiger partial charge on any atom is 0.259 e. The van der Waals surface area contributed by atoms with Gasteiger partial charge in [0.15, 0.2) is 0 Å². The van der Waals surface area contributed by atoms with Gasteiger partial charge in [-0.15, -0.1) is 0 Å². The van der Waals surface area contributed by atoms with Crippen LogP contribution in [0.5, 0.6) is 5.88 Å². The van der Waals surface area contributed by atoms with Crippen LogP contribution in [0.25, 0.3) is 0 Å². The molecule has 0 unspecified atom stereocenters. The molecule has 9 nitrogen and oxygen atoms in total. The molecule has 3 atom stereocenters. The van der Waals surface area contributed by atoms with Gasteiger partial charge in [0.05, 0.1) is 24.1 Å². The highest BCUT2D eigenvalue weighted by molar-refractivity contribution is 7.89. The van der Waals surface area contributed by atoms with Crippen molar-refractivity contribution >= 4 is 15.9 Å². The number of nitrogens with zero attached hydrogens (tertiary/aromatic N) is 3. The Labute approximate surface area is 228 Å². The molecule has 4 rings (SSSR count). The summed E-state index contributed by atoms with van der Waals surface area (Å²) in [6, 6.07) is 5.62. The summed E-state index contributed by atoms with van der Waals surface area (Å²) in [4.78, 5) is 19.4. The van der Waals surface area contributed by atoms with E-state index >= 15 is 0 Å². The number of carbonyl (C=O) groups excluding carboxylic acids is 1. The summed E-state index contributed by atoms with van der Waals surface area (Å²) >= 11 is 0. The predicted octanol–water partition coefficient (Wildman–Crippen LogP) is 2.42. The number of aromatic nitrogens is 1. The van der Waals surface area contributed by atoms with Crippen molar-refractivity contribution in [1.82, 2.24) is 14.2 Å². The number of sulfonamides is 1. The molecule has 1 aromatic carbocycles. The van der Waals surface area contributed by atoms with Crippen LogP contribution in [0.2, 0.25) is 0 Å². The molecule has 0 saturated heterocycles. The van der Waals surface area contributed by atoms with E-state index in [1.807, 2.05) is 6.92 Å². The summed E-state index contributed by atoms with van der Waals surface area (Å²) in [6.07, 6.45) is 3.75. The Morgan fingerprint density at radius 2 is 1.95 bits per heavy atom. The fraction of sp³-hybridized carbons (Fsp3) is 0.500. The standard InChI is InChI=1S/C28H34FN3O6S/c1-19-16-32(20(2)18-33)27(34)24-14-21(10-13-28(35)11-4-5-12-28)15-30-26(24)38-25(19)17-31(3)39(36,37)23-8-6-22(29)7-9-23/h6-9,14-15,19-20,25,33,35H,4-5,11-12,16-18H2,1-3H3/t19-,20-,25-/m1/s1. The van der Waals surface area contributed by atoms with Gasteiger partial charge in [-0.25, -0.2) is 17.8 Å². The molecule has 2 aliphatic rings. The van der Waals surface area contributed by atoms with E-state index in [4.69, 9.17) is 4.74 Å². The molecule has 1 saturated carbocycles. The number of halogens is 1. The normalized spacial score (nSPS) is 21.8. The van der Waals surface area contributed by atoms with E-state index in [2.05, 4.69) is 16.8 Å². The van der Waals surface area contributed by atoms with Crippen LogP contribution in [-0.4, -0.2) is 83.2 Å². The number of ether oxygens (including phenoxy) is 1. The van der Waals surface area contributed by atoms with Crippen molar-refractivity contribution in [2.75, 3.05) is 26.7 Å². The lowest BCUT2D eigenvalue weighted by atomic mass is 10.00. The Morgan fingerprint density at radius 3 is 2.59 bits per heavy atom. The Hall–Kier alpha value is -3.04. The molecule has 1 aliphatic heterocycles. The van der Waals surface area contributed by atoms with Gasteiger partial charge in [-0.2, -0.15) is 4.31 Å². The molecular formula is C28H34FN3O6S. The third-order valence-corrected chi connectivity index (χ3v) is 9.19. The first-order valence-corrected chi connectivity index (χ1v) is 14.4. The van der Waals surface area contributed by atoms with Crippen LogP contribution in [0.15, 0.2) is 41.4 Å². The summed E-state index contributed by atoms with van der Waals surface area (Å²) < 4.78 is 46.9. The van der Waals surface area contributed by atoms with E-state index in [0.717, 1.165) is 29.3 Å². The fourth-order valence-electron chi connectivity index (χ4n) is 4.80. The lowest BCUT2D eigenvalue weighted by molar-refractivity contribution is 0.0373. The van der Waals surface area contributed by atoms with E-state index in [1.54, 1.807) is 13.0 Å². The van der Waals surface area contributed by atoms with E-state index in [-0.39, 0.29) is 47.9 Å². The highest BCUT2D eigenvalue weighted by atomic mass is 32.2. The van der Waals surface area contributed by atoms with Gasteiger partial charge in [0.1, 0.15) is 23.1 Å². The van der Waals surface area contributed by atoms with Crippen LogP contribution in [0.1, 0.15) is 55.5 Å². The molecule has 0 radical (unpaired) electrons.